The molecule has 1 aromatic rings. The van der Waals surface area contributed by atoms with Crippen LogP contribution in [0.1, 0.15) is 90.9 Å². The monoisotopic (exact) mass is 502 g/mol. The molecule has 0 aromatic heterocycles. The third kappa shape index (κ3) is 7.67. The first kappa shape index (κ1) is 30.1. The van der Waals surface area contributed by atoms with Gasteiger partial charge in [-0.3, -0.25) is 19.2 Å². The van der Waals surface area contributed by atoms with Crippen molar-refractivity contribution in [2.24, 2.45) is 17.3 Å². The summed E-state index contributed by atoms with van der Waals surface area (Å²) in [7, 11) is 0. The molecule has 1 saturated carbocycles. The Morgan fingerprint density at radius 1 is 0.757 bits per heavy atom. The second kappa shape index (κ2) is 13.4. The van der Waals surface area contributed by atoms with E-state index in [0.717, 1.165) is 29.6 Å². The van der Waals surface area contributed by atoms with Gasteiger partial charge in [-0.05, 0) is 80.6 Å². The SMILES string of the molecule is CC(C)=CCCC(C)=CC[C@]1(CC=C(C)C)C(=O)[C@H](CC=C(C)C)C(=O)[C@H](C(=O)c2ccccc2)C1=O. The van der Waals surface area contributed by atoms with Crippen LogP contribution in [0, 0.1) is 17.3 Å². The maximum atomic E-state index is 14.1. The first-order valence-electron chi connectivity index (χ1n) is 13.2. The van der Waals surface area contributed by atoms with Gasteiger partial charge in [0.05, 0.1) is 11.3 Å². The van der Waals surface area contributed by atoms with E-state index in [-0.39, 0.29) is 25.0 Å². The molecule has 3 atom stereocenters. The Bertz CT molecular complexity index is 1130. The highest BCUT2D eigenvalue weighted by atomic mass is 16.2. The molecule has 1 aliphatic carbocycles. The summed E-state index contributed by atoms with van der Waals surface area (Å²) in [5.74, 6) is -4.50. The Balaban J connectivity index is 2.63. The van der Waals surface area contributed by atoms with Crippen molar-refractivity contribution in [1.82, 2.24) is 0 Å². The van der Waals surface area contributed by atoms with Crippen molar-refractivity contribution < 1.29 is 19.2 Å². The van der Waals surface area contributed by atoms with Crippen LogP contribution in [0.2, 0.25) is 0 Å². The zero-order valence-electron chi connectivity index (χ0n) is 23.5. The Morgan fingerprint density at radius 3 is 1.89 bits per heavy atom. The summed E-state index contributed by atoms with van der Waals surface area (Å²) in [6.45, 7) is 13.8. The molecular formula is C33H42O4. The van der Waals surface area contributed by atoms with Crippen LogP contribution in [0.25, 0.3) is 0 Å². The van der Waals surface area contributed by atoms with Gasteiger partial charge in [-0.2, -0.15) is 0 Å². The number of allylic oxidation sites excluding steroid dienone is 8. The van der Waals surface area contributed by atoms with Crippen molar-refractivity contribution in [2.75, 3.05) is 0 Å². The van der Waals surface area contributed by atoms with E-state index in [4.69, 9.17) is 0 Å². The van der Waals surface area contributed by atoms with Crippen LogP contribution in [0.5, 0.6) is 0 Å². The minimum Gasteiger partial charge on any atom is -0.298 e. The van der Waals surface area contributed by atoms with E-state index >= 15 is 0 Å². The van der Waals surface area contributed by atoms with Crippen molar-refractivity contribution >= 4 is 23.1 Å². The van der Waals surface area contributed by atoms with E-state index in [9.17, 15) is 19.2 Å². The predicted molar refractivity (Wildman–Crippen MR) is 150 cm³/mol. The lowest BCUT2D eigenvalue weighted by Gasteiger charge is -2.39. The van der Waals surface area contributed by atoms with E-state index in [0.29, 0.717) is 5.56 Å². The molecule has 0 aliphatic heterocycles. The van der Waals surface area contributed by atoms with Crippen molar-refractivity contribution in [3.05, 3.63) is 82.5 Å². The lowest BCUT2D eigenvalue weighted by molar-refractivity contribution is -0.154. The quantitative estimate of drug-likeness (QED) is 0.177. The molecule has 2 rings (SSSR count). The zero-order valence-corrected chi connectivity index (χ0v) is 23.5. The predicted octanol–water partition coefficient (Wildman–Crippen LogP) is 7.60. The zero-order chi connectivity index (χ0) is 27.8. The Kier molecular flexibility index (Phi) is 10.9. The van der Waals surface area contributed by atoms with Gasteiger partial charge in [-0.15, -0.1) is 0 Å². The fraction of sp³-hybridized carbons (Fsp3) is 0.455. The number of carbonyl (C=O) groups is 4. The largest absolute Gasteiger partial charge is 0.298 e. The fourth-order valence-corrected chi connectivity index (χ4v) is 4.69. The van der Waals surface area contributed by atoms with Crippen molar-refractivity contribution in [3.63, 3.8) is 0 Å². The van der Waals surface area contributed by atoms with E-state index in [2.05, 4.69) is 19.9 Å². The highest BCUT2D eigenvalue weighted by molar-refractivity contribution is 6.36. The molecule has 0 amide bonds. The molecule has 4 nitrogen and oxygen atoms in total. The molecule has 1 fully saturated rings. The van der Waals surface area contributed by atoms with Crippen LogP contribution in [0.15, 0.2) is 76.9 Å². The Labute approximate surface area is 222 Å². The van der Waals surface area contributed by atoms with Crippen LogP contribution in [-0.4, -0.2) is 23.1 Å². The normalized spacial score (nSPS) is 21.9. The number of hydrogen-bond acceptors (Lipinski definition) is 4. The third-order valence-corrected chi connectivity index (χ3v) is 6.98. The van der Waals surface area contributed by atoms with Crippen molar-refractivity contribution in [2.45, 2.75) is 80.6 Å². The molecule has 0 bridgehead atoms. The van der Waals surface area contributed by atoms with Gasteiger partial charge in [-0.1, -0.05) is 76.9 Å². The summed E-state index contributed by atoms with van der Waals surface area (Å²) in [6, 6.07) is 8.45. The molecule has 0 heterocycles. The molecule has 0 N–H and O–H groups in total. The van der Waals surface area contributed by atoms with Gasteiger partial charge in [0.2, 0.25) is 0 Å². The first-order chi connectivity index (χ1) is 17.4. The van der Waals surface area contributed by atoms with Gasteiger partial charge < -0.3 is 0 Å². The summed E-state index contributed by atoms with van der Waals surface area (Å²) < 4.78 is 0. The lowest BCUT2D eigenvalue weighted by Crippen LogP contribution is -2.57. The summed E-state index contributed by atoms with van der Waals surface area (Å²) in [4.78, 5) is 55.4. The van der Waals surface area contributed by atoms with E-state index < -0.39 is 34.6 Å². The third-order valence-electron chi connectivity index (χ3n) is 6.98. The van der Waals surface area contributed by atoms with Gasteiger partial charge in [0.1, 0.15) is 5.92 Å². The lowest BCUT2D eigenvalue weighted by atomic mass is 9.58. The van der Waals surface area contributed by atoms with Crippen LogP contribution in [0.4, 0.5) is 0 Å². The van der Waals surface area contributed by atoms with E-state index in [1.165, 1.54) is 5.57 Å². The van der Waals surface area contributed by atoms with Gasteiger partial charge in [0.15, 0.2) is 23.1 Å². The molecule has 0 radical (unpaired) electrons. The summed E-state index contributed by atoms with van der Waals surface area (Å²) in [6.07, 6.45) is 10.1. The Hall–Kier alpha value is -3.14. The fourth-order valence-electron chi connectivity index (χ4n) is 4.69. The number of ketones is 4. The minimum absolute atomic E-state index is 0.182. The van der Waals surface area contributed by atoms with Gasteiger partial charge >= 0.3 is 0 Å². The molecule has 0 unspecified atom stereocenters. The highest BCUT2D eigenvalue weighted by Crippen LogP contribution is 2.44. The first-order valence-corrected chi connectivity index (χ1v) is 13.2. The standard InChI is InChI=1S/C33H42O4/c1-22(2)12-11-13-25(7)19-21-33(20-18-24(5)6)31(36)27(17-16-23(3)4)30(35)28(32(33)37)29(34)26-14-9-8-10-15-26/h8-10,12,14-16,18-19,27-28H,11,13,17,20-21H2,1-7H3/t27-,28+,33-/m1/s1. The number of rotatable bonds is 11. The summed E-state index contributed by atoms with van der Waals surface area (Å²) >= 11 is 0. The van der Waals surface area contributed by atoms with Gasteiger partial charge in [0.25, 0.3) is 0 Å². The average molecular weight is 503 g/mol. The molecular weight excluding hydrogens is 460 g/mol. The van der Waals surface area contributed by atoms with Crippen molar-refractivity contribution in [3.8, 4) is 0 Å². The molecule has 4 heteroatoms. The molecule has 198 valence electrons. The van der Waals surface area contributed by atoms with Gasteiger partial charge in [-0.25, -0.2) is 0 Å². The van der Waals surface area contributed by atoms with Crippen LogP contribution in [0.3, 0.4) is 0 Å². The maximum Gasteiger partial charge on any atom is 0.180 e. The number of hydrogen-bond donors (Lipinski definition) is 0. The van der Waals surface area contributed by atoms with Crippen molar-refractivity contribution in [1.29, 1.82) is 0 Å². The minimum atomic E-state index is -1.47. The smallest absolute Gasteiger partial charge is 0.180 e. The van der Waals surface area contributed by atoms with E-state index in [1.54, 1.807) is 30.3 Å². The topological polar surface area (TPSA) is 68.3 Å². The summed E-state index contributed by atoms with van der Waals surface area (Å²) in [5, 5.41) is 0. The van der Waals surface area contributed by atoms with Crippen LogP contribution >= 0.6 is 0 Å². The number of Topliss-reactive ketones (excluding diaryl/α,β-unsaturated/α-hetero) is 4. The maximum absolute atomic E-state index is 14.1. The van der Waals surface area contributed by atoms with E-state index in [1.807, 2.05) is 52.8 Å². The Morgan fingerprint density at radius 2 is 1.32 bits per heavy atom. The highest BCUT2D eigenvalue weighted by Gasteiger charge is 2.59. The molecule has 37 heavy (non-hydrogen) atoms. The van der Waals surface area contributed by atoms with Crippen LogP contribution < -0.4 is 0 Å². The second-order valence-corrected chi connectivity index (χ2v) is 11.0. The molecule has 0 spiro atoms. The molecule has 1 aromatic carbocycles. The van der Waals surface area contributed by atoms with Gasteiger partial charge in [0, 0.05) is 5.56 Å². The second-order valence-electron chi connectivity index (χ2n) is 11.0. The molecule has 0 saturated heterocycles. The summed E-state index contributed by atoms with van der Waals surface area (Å²) in [5.41, 5.74) is 3.15. The molecule has 1 aliphatic rings. The number of carbonyl (C=O) groups excluding carboxylic acids is 4. The number of benzene rings is 1. The average Bonchev–Trinajstić information content (AvgIpc) is 2.83. The van der Waals surface area contributed by atoms with Crippen LogP contribution in [-0.2, 0) is 14.4 Å².